The highest BCUT2D eigenvalue weighted by Crippen LogP contribution is 2.25. The van der Waals surface area contributed by atoms with Crippen LogP contribution in [0.5, 0.6) is 0 Å². The van der Waals surface area contributed by atoms with Crippen molar-refractivity contribution in [1.82, 2.24) is 18.8 Å². The number of carbonyl (C=O) groups is 1. The van der Waals surface area contributed by atoms with E-state index in [9.17, 15) is 13.2 Å². The summed E-state index contributed by atoms with van der Waals surface area (Å²) in [7, 11) is -1.75. The van der Waals surface area contributed by atoms with Crippen LogP contribution >= 0.6 is 0 Å². The Labute approximate surface area is 150 Å². The van der Waals surface area contributed by atoms with Crippen molar-refractivity contribution in [1.29, 1.82) is 0 Å². The van der Waals surface area contributed by atoms with E-state index in [0.29, 0.717) is 45.9 Å². The molecule has 0 aromatic heterocycles. The number of piperazine rings is 1. The fourth-order valence-corrected chi connectivity index (χ4v) is 5.48. The van der Waals surface area contributed by atoms with Crippen LogP contribution in [0.4, 0.5) is 0 Å². The lowest BCUT2D eigenvalue weighted by molar-refractivity contribution is -0.137. The number of hydrogen-bond acceptors (Lipinski definition) is 5. The standard InChI is InChI=1S/C16H30N4O4S/c1-18(14-5-3-2-4-6-14)25(22,23)20-10-8-19(9-11-20)16(21)15-13-24-12-7-17-15/h14-15,17H,2-13H2,1H3. The normalized spacial score (nSPS) is 27.6. The van der Waals surface area contributed by atoms with Gasteiger partial charge in [0.15, 0.2) is 0 Å². The second kappa shape index (κ2) is 8.30. The summed E-state index contributed by atoms with van der Waals surface area (Å²) in [6, 6.07) is -0.191. The molecule has 0 radical (unpaired) electrons. The lowest BCUT2D eigenvalue weighted by Gasteiger charge is -2.39. The topological polar surface area (TPSA) is 82.2 Å². The van der Waals surface area contributed by atoms with Crippen LogP contribution in [-0.2, 0) is 19.7 Å². The highest BCUT2D eigenvalue weighted by molar-refractivity contribution is 7.86. The quantitative estimate of drug-likeness (QED) is 0.726. The summed E-state index contributed by atoms with van der Waals surface area (Å²) >= 11 is 0. The molecule has 144 valence electrons. The molecule has 2 saturated heterocycles. The Kier molecular flexibility index (Phi) is 6.32. The SMILES string of the molecule is CN(C1CCCCC1)S(=O)(=O)N1CCN(C(=O)C2COCCN2)CC1. The summed E-state index contributed by atoms with van der Waals surface area (Å²) in [5.41, 5.74) is 0. The van der Waals surface area contributed by atoms with Crippen LogP contribution in [-0.4, -0.2) is 92.9 Å². The molecule has 1 saturated carbocycles. The predicted molar refractivity (Wildman–Crippen MR) is 94.3 cm³/mol. The number of amides is 1. The molecule has 3 fully saturated rings. The van der Waals surface area contributed by atoms with Crippen molar-refractivity contribution in [3.8, 4) is 0 Å². The first-order valence-electron chi connectivity index (χ1n) is 9.33. The predicted octanol–water partition coefficient (Wildman–Crippen LogP) is -0.372. The lowest BCUT2D eigenvalue weighted by atomic mass is 9.96. The Morgan fingerprint density at radius 2 is 1.80 bits per heavy atom. The van der Waals surface area contributed by atoms with Gasteiger partial charge in [-0.05, 0) is 12.8 Å². The van der Waals surface area contributed by atoms with Crippen molar-refractivity contribution in [3.63, 3.8) is 0 Å². The van der Waals surface area contributed by atoms with Crippen LogP contribution in [0.25, 0.3) is 0 Å². The van der Waals surface area contributed by atoms with Crippen molar-refractivity contribution in [2.75, 3.05) is 53.0 Å². The minimum atomic E-state index is -3.45. The molecule has 2 heterocycles. The molecule has 0 aromatic rings. The fourth-order valence-electron chi connectivity index (χ4n) is 3.90. The first kappa shape index (κ1) is 19.0. The third-order valence-corrected chi connectivity index (χ3v) is 7.59. The summed E-state index contributed by atoms with van der Waals surface area (Å²) < 4.78 is 34.2. The van der Waals surface area contributed by atoms with Gasteiger partial charge in [0.2, 0.25) is 5.91 Å². The Morgan fingerprint density at radius 1 is 1.12 bits per heavy atom. The van der Waals surface area contributed by atoms with E-state index < -0.39 is 10.2 Å². The zero-order chi connectivity index (χ0) is 17.9. The van der Waals surface area contributed by atoms with Gasteiger partial charge < -0.3 is 15.0 Å². The second-order valence-electron chi connectivity index (χ2n) is 7.12. The Bertz CT molecular complexity index is 550. The molecule has 9 heteroatoms. The third kappa shape index (κ3) is 4.33. The average Bonchev–Trinajstić information content (AvgIpc) is 2.68. The van der Waals surface area contributed by atoms with Crippen LogP contribution in [0.15, 0.2) is 0 Å². The molecule has 1 atom stereocenters. The molecule has 25 heavy (non-hydrogen) atoms. The Hall–Kier alpha value is -0.740. The van der Waals surface area contributed by atoms with Gasteiger partial charge in [-0.2, -0.15) is 17.0 Å². The van der Waals surface area contributed by atoms with Crippen LogP contribution in [0, 0.1) is 0 Å². The Morgan fingerprint density at radius 3 is 2.40 bits per heavy atom. The van der Waals surface area contributed by atoms with Crippen molar-refractivity contribution in [3.05, 3.63) is 0 Å². The van der Waals surface area contributed by atoms with E-state index in [-0.39, 0.29) is 18.0 Å². The summed E-state index contributed by atoms with van der Waals surface area (Å²) in [6.07, 6.45) is 5.29. The second-order valence-corrected chi connectivity index (χ2v) is 9.11. The number of nitrogens with one attached hydrogen (secondary N) is 1. The number of rotatable bonds is 4. The molecular weight excluding hydrogens is 344 g/mol. The number of carbonyl (C=O) groups excluding carboxylic acids is 1. The molecular formula is C16H30N4O4S. The molecule has 1 aliphatic carbocycles. The van der Waals surface area contributed by atoms with Gasteiger partial charge in [-0.25, -0.2) is 0 Å². The highest BCUT2D eigenvalue weighted by atomic mass is 32.2. The van der Waals surface area contributed by atoms with Gasteiger partial charge in [-0.15, -0.1) is 0 Å². The molecule has 1 unspecified atom stereocenters. The van der Waals surface area contributed by atoms with Crippen molar-refractivity contribution >= 4 is 16.1 Å². The molecule has 3 rings (SSSR count). The van der Waals surface area contributed by atoms with Crippen LogP contribution in [0.3, 0.4) is 0 Å². The largest absolute Gasteiger partial charge is 0.378 e. The monoisotopic (exact) mass is 374 g/mol. The van der Waals surface area contributed by atoms with E-state index in [0.717, 1.165) is 25.7 Å². The van der Waals surface area contributed by atoms with Gasteiger partial charge in [0, 0.05) is 45.8 Å². The smallest absolute Gasteiger partial charge is 0.282 e. The maximum atomic E-state index is 12.9. The summed E-state index contributed by atoms with van der Waals surface area (Å²) in [5, 5.41) is 3.16. The number of hydrogen-bond donors (Lipinski definition) is 1. The minimum Gasteiger partial charge on any atom is -0.378 e. The number of nitrogens with zero attached hydrogens (tertiary/aromatic N) is 3. The van der Waals surface area contributed by atoms with E-state index in [1.54, 1.807) is 16.3 Å². The molecule has 3 aliphatic rings. The molecule has 0 bridgehead atoms. The maximum absolute atomic E-state index is 12.9. The van der Waals surface area contributed by atoms with Gasteiger partial charge in [0.05, 0.1) is 13.2 Å². The highest BCUT2D eigenvalue weighted by Gasteiger charge is 2.36. The molecule has 0 aromatic carbocycles. The third-order valence-electron chi connectivity index (χ3n) is 5.55. The first-order valence-corrected chi connectivity index (χ1v) is 10.7. The number of ether oxygens (including phenoxy) is 1. The molecule has 1 amide bonds. The van der Waals surface area contributed by atoms with Gasteiger partial charge in [0.25, 0.3) is 10.2 Å². The number of morpholine rings is 1. The van der Waals surface area contributed by atoms with Crippen molar-refractivity contribution in [2.45, 2.75) is 44.2 Å². The van der Waals surface area contributed by atoms with Gasteiger partial charge in [-0.3, -0.25) is 4.79 Å². The van der Waals surface area contributed by atoms with E-state index >= 15 is 0 Å². The van der Waals surface area contributed by atoms with Crippen LogP contribution in [0.1, 0.15) is 32.1 Å². The summed E-state index contributed by atoms with van der Waals surface area (Å²) in [5.74, 6) is 0.0115. The maximum Gasteiger partial charge on any atom is 0.282 e. The van der Waals surface area contributed by atoms with Gasteiger partial charge >= 0.3 is 0 Å². The lowest BCUT2D eigenvalue weighted by Crippen LogP contribution is -2.59. The van der Waals surface area contributed by atoms with Crippen LogP contribution in [0.2, 0.25) is 0 Å². The molecule has 8 nitrogen and oxygen atoms in total. The van der Waals surface area contributed by atoms with E-state index in [4.69, 9.17) is 4.74 Å². The minimum absolute atomic E-state index is 0.0115. The molecule has 0 spiro atoms. The van der Waals surface area contributed by atoms with E-state index in [1.807, 2.05) is 0 Å². The summed E-state index contributed by atoms with van der Waals surface area (Å²) in [6.45, 7) is 3.29. The van der Waals surface area contributed by atoms with Gasteiger partial charge in [0.1, 0.15) is 6.04 Å². The average molecular weight is 375 g/mol. The Balaban J connectivity index is 1.54. The molecule has 1 N–H and O–H groups in total. The van der Waals surface area contributed by atoms with Crippen molar-refractivity contribution < 1.29 is 17.9 Å². The first-order chi connectivity index (χ1) is 12.0. The summed E-state index contributed by atoms with van der Waals surface area (Å²) in [4.78, 5) is 14.2. The van der Waals surface area contributed by atoms with Crippen LogP contribution < -0.4 is 5.32 Å². The van der Waals surface area contributed by atoms with Crippen molar-refractivity contribution in [2.24, 2.45) is 0 Å². The zero-order valence-corrected chi connectivity index (χ0v) is 15.8. The zero-order valence-electron chi connectivity index (χ0n) is 15.0. The fraction of sp³-hybridized carbons (Fsp3) is 0.938. The van der Waals surface area contributed by atoms with Gasteiger partial charge in [-0.1, -0.05) is 19.3 Å². The van der Waals surface area contributed by atoms with E-state index in [2.05, 4.69) is 5.32 Å². The van der Waals surface area contributed by atoms with E-state index in [1.165, 1.54) is 10.7 Å². The molecule has 2 aliphatic heterocycles.